The molecule has 0 bridgehead atoms. The summed E-state index contributed by atoms with van der Waals surface area (Å²) in [4.78, 5) is 7.83. The fourth-order valence-electron chi connectivity index (χ4n) is 14.5. The SMILES string of the molecule is CC(C)(C)c1ccc(N2B3c4cc5occc5cc4N(c4ccc(C(C)(C)C)cc4-c4ccccc4)c4c3c(cc3c4C(C)(C)c4ccccc4-3)-c3cc4c(cc32)sc2ccc(N(c3ccc(C(C)(C)C)cc3)c3ccc(C(C)(C)C)cc3)cc24)cc1. The zero-order valence-electron chi connectivity index (χ0n) is 52.9. The van der Waals surface area contributed by atoms with Gasteiger partial charge in [0.2, 0.25) is 0 Å². The number of benzene rings is 10. The van der Waals surface area contributed by atoms with Crippen LogP contribution in [0.5, 0.6) is 0 Å². The van der Waals surface area contributed by atoms with Crippen LogP contribution >= 0.6 is 11.3 Å². The Balaban J connectivity index is 1.05. The maximum atomic E-state index is 6.49. The molecule has 0 unspecified atom stereocenters. The van der Waals surface area contributed by atoms with E-state index in [9.17, 15) is 0 Å². The number of nitrogens with zero attached hydrogens (tertiary/aromatic N) is 3. The lowest BCUT2D eigenvalue weighted by Gasteiger charge is -2.48. The molecule has 0 radical (unpaired) electrons. The number of furan rings is 1. The summed E-state index contributed by atoms with van der Waals surface area (Å²) in [5.74, 6) is 0. The average Bonchev–Trinajstić information content (AvgIpc) is 1.64. The molecule has 6 heteroatoms. The van der Waals surface area contributed by atoms with Gasteiger partial charge in [-0.15, -0.1) is 11.3 Å². The lowest BCUT2D eigenvalue weighted by atomic mass is 9.42. The summed E-state index contributed by atoms with van der Waals surface area (Å²) in [6.45, 7) is 32.4. The van der Waals surface area contributed by atoms with Gasteiger partial charge in [-0.3, -0.25) is 0 Å². The van der Waals surface area contributed by atoms with Gasteiger partial charge in [0.15, 0.2) is 0 Å². The number of fused-ring (bicyclic) bond motifs is 12. The zero-order chi connectivity index (χ0) is 60.4. The molecule has 2 aliphatic heterocycles. The molecule has 4 heterocycles. The monoisotopic (exact) mass is 1150 g/mol. The van der Waals surface area contributed by atoms with Crippen LogP contribution in [0.3, 0.4) is 0 Å². The van der Waals surface area contributed by atoms with Crippen molar-refractivity contribution in [2.45, 2.75) is 124 Å². The number of anilines is 8. The predicted molar refractivity (Wildman–Crippen MR) is 375 cm³/mol. The molecular formula is C81H76BN3OS. The molecule has 12 aromatic rings. The Labute approximate surface area is 518 Å². The first-order valence-electron chi connectivity index (χ1n) is 31.2. The average molecular weight is 1150 g/mol. The predicted octanol–water partition coefficient (Wildman–Crippen LogP) is 22.1. The van der Waals surface area contributed by atoms with E-state index >= 15 is 0 Å². The van der Waals surface area contributed by atoms with Gasteiger partial charge in [0.05, 0.1) is 12.0 Å². The highest BCUT2D eigenvalue weighted by Gasteiger charge is 2.51. The van der Waals surface area contributed by atoms with Gasteiger partial charge in [0, 0.05) is 81.9 Å². The van der Waals surface area contributed by atoms with Gasteiger partial charge < -0.3 is 19.0 Å². The molecule has 0 fully saturated rings. The summed E-state index contributed by atoms with van der Waals surface area (Å²) in [7, 11) is 0. The molecule has 0 amide bonds. The maximum Gasteiger partial charge on any atom is 0.333 e. The molecule has 1 aliphatic carbocycles. The highest BCUT2D eigenvalue weighted by molar-refractivity contribution is 7.25. The second kappa shape index (κ2) is 19.2. The first-order valence-corrected chi connectivity index (χ1v) is 32.0. The Morgan fingerprint density at radius 1 is 0.448 bits per heavy atom. The summed E-state index contributed by atoms with van der Waals surface area (Å²) in [6, 6.07) is 77.3. The van der Waals surface area contributed by atoms with Gasteiger partial charge in [0.1, 0.15) is 5.58 Å². The van der Waals surface area contributed by atoms with Gasteiger partial charge in [0.25, 0.3) is 0 Å². The van der Waals surface area contributed by atoms with Gasteiger partial charge >= 0.3 is 6.85 Å². The van der Waals surface area contributed by atoms with Crippen molar-refractivity contribution in [1.29, 1.82) is 0 Å². The van der Waals surface area contributed by atoms with Crippen molar-refractivity contribution in [1.82, 2.24) is 0 Å². The number of rotatable bonds is 6. The van der Waals surface area contributed by atoms with Crippen LogP contribution in [0.2, 0.25) is 0 Å². The molecule has 430 valence electrons. The lowest BCUT2D eigenvalue weighted by molar-refractivity contribution is 0.590. The Morgan fingerprint density at radius 3 is 1.68 bits per heavy atom. The summed E-state index contributed by atoms with van der Waals surface area (Å²) < 4.78 is 9.01. The normalized spacial score (nSPS) is 14.3. The fourth-order valence-corrected chi connectivity index (χ4v) is 15.6. The van der Waals surface area contributed by atoms with Crippen molar-refractivity contribution in [3.63, 3.8) is 0 Å². The van der Waals surface area contributed by atoms with Gasteiger partial charge in [-0.1, -0.05) is 194 Å². The number of thiophene rings is 1. The first-order chi connectivity index (χ1) is 41.4. The van der Waals surface area contributed by atoms with Crippen molar-refractivity contribution in [2.24, 2.45) is 0 Å². The third-order valence-electron chi connectivity index (χ3n) is 19.3. The van der Waals surface area contributed by atoms with E-state index in [2.05, 4.69) is 312 Å². The second-order valence-electron chi connectivity index (χ2n) is 29.5. The van der Waals surface area contributed by atoms with Gasteiger partial charge in [-0.25, -0.2) is 0 Å². The molecule has 0 N–H and O–H groups in total. The molecule has 4 nitrogen and oxygen atoms in total. The molecule has 15 rings (SSSR count). The van der Waals surface area contributed by atoms with Crippen LogP contribution in [0.1, 0.15) is 130 Å². The highest BCUT2D eigenvalue weighted by atomic mass is 32.1. The van der Waals surface area contributed by atoms with Crippen LogP contribution in [0.4, 0.5) is 45.5 Å². The summed E-state index contributed by atoms with van der Waals surface area (Å²) in [5, 5.41) is 3.59. The van der Waals surface area contributed by atoms with Crippen molar-refractivity contribution < 1.29 is 4.42 Å². The molecule has 87 heavy (non-hydrogen) atoms. The van der Waals surface area contributed by atoms with Crippen LogP contribution in [0.25, 0.3) is 64.5 Å². The Bertz CT molecular complexity index is 4690. The van der Waals surface area contributed by atoms with Crippen LogP contribution < -0.4 is 25.5 Å². The van der Waals surface area contributed by atoms with E-state index in [1.807, 2.05) is 17.6 Å². The van der Waals surface area contributed by atoms with Crippen molar-refractivity contribution in [3.05, 3.63) is 240 Å². The second-order valence-corrected chi connectivity index (χ2v) is 30.6. The Kier molecular flexibility index (Phi) is 12.2. The highest BCUT2D eigenvalue weighted by Crippen LogP contribution is 2.60. The summed E-state index contributed by atoms with van der Waals surface area (Å²) >= 11 is 1.90. The summed E-state index contributed by atoms with van der Waals surface area (Å²) in [6.07, 6.45) is 1.86. The van der Waals surface area contributed by atoms with E-state index in [1.165, 1.54) is 109 Å². The number of hydrogen-bond acceptors (Lipinski definition) is 5. The van der Waals surface area contributed by atoms with Crippen LogP contribution in [-0.4, -0.2) is 6.85 Å². The Hall–Kier alpha value is -8.58. The van der Waals surface area contributed by atoms with Crippen molar-refractivity contribution >= 4 is 106 Å². The Morgan fingerprint density at radius 2 is 1.03 bits per heavy atom. The lowest BCUT2D eigenvalue weighted by Crippen LogP contribution is -2.62. The van der Waals surface area contributed by atoms with Crippen molar-refractivity contribution in [2.75, 3.05) is 14.6 Å². The number of hydrogen-bond donors (Lipinski definition) is 0. The fraction of sp³-hybridized carbons (Fsp3) is 0.235. The van der Waals surface area contributed by atoms with E-state index in [0.717, 1.165) is 45.1 Å². The topological polar surface area (TPSA) is 22.9 Å². The zero-order valence-corrected chi connectivity index (χ0v) is 53.7. The van der Waals surface area contributed by atoms with E-state index in [-0.39, 0.29) is 33.9 Å². The van der Waals surface area contributed by atoms with Crippen LogP contribution in [-0.2, 0) is 27.1 Å². The molecule has 0 saturated heterocycles. The third kappa shape index (κ3) is 8.75. The molecule has 0 atom stereocenters. The van der Waals surface area contributed by atoms with Crippen LogP contribution in [0.15, 0.2) is 211 Å². The quantitative estimate of drug-likeness (QED) is 0.155. The largest absolute Gasteiger partial charge is 0.464 e. The van der Waals surface area contributed by atoms with E-state index < -0.39 is 0 Å². The molecule has 3 aliphatic rings. The minimum Gasteiger partial charge on any atom is -0.464 e. The molecule has 10 aromatic carbocycles. The first kappa shape index (κ1) is 55.0. The smallest absolute Gasteiger partial charge is 0.333 e. The van der Waals surface area contributed by atoms with E-state index in [0.29, 0.717) is 0 Å². The minimum atomic E-state index is -0.357. The standard InChI is InChI=1S/C81H76BN3OS/c1-77(2,3)51-24-31-55(32-25-51)83(56-33-26-52(27-34-56)78(4,5)6)58-37-39-72-62(44-58)63-45-61-65-46-64-59-22-18-19-23-66(59)81(13,14)74(64)76-75(65)82(85(69(61)48-73(63)87-72)57-35-28-53(29-36-57)79(7,8)9)67-47-71-50(40-41-86-71)42-70(67)84(76)68-38-30-54(80(10,11)12)43-60(68)49-20-16-15-17-21-49/h15-48H,1-14H3. The molecule has 0 spiro atoms. The van der Waals surface area contributed by atoms with Crippen LogP contribution in [0, 0.1) is 0 Å². The van der Waals surface area contributed by atoms with Gasteiger partial charge in [-0.05, 0) is 191 Å². The maximum absolute atomic E-state index is 6.49. The minimum absolute atomic E-state index is 0.0233. The molecule has 2 aromatic heterocycles. The molecule has 0 saturated carbocycles. The van der Waals surface area contributed by atoms with E-state index in [4.69, 9.17) is 4.42 Å². The summed E-state index contributed by atoms with van der Waals surface area (Å²) in [5.41, 5.74) is 27.8. The van der Waals surface area contributed by atoms with Crippen molar-refractivity contribution in [3.8, 4) is 33.4 Å². The van der Waals surface area contributed by atoms with Gasteiger partial charge in [-0.2, -0.15) is 0 Å². The van der Waals surface area contributed by atoms with E-state index in [1.54, 1.807) is 0 Å². The molecular weight excluding hydrogens is 1070 g/mol. The third-order valence-corrected chi connectivity index (χ3v) is 20.4.